The van der Waals surface area contributed by atoms with Crippen LogP contribution in [0.5, 0.6) is 0 Å². The number of ketones is 1. The maximum Gasteiger partial charge on any atom is 0.133 e. The quantitative estimate of drug-likeness (QED) is 0.722. The van der Waals surface area contributed by atoms with Crippen molar-refractivity contribution in [3.63, 3.8) is 0 Å². The summed E-state index contributed by atoms with van der Waals surface area (Å²) in [6.07, 6.45) is 6.05. The largest absolute Gasteiger partial charge is 0.393 e. The van der Waals surface area contributed by atoms with Crippen molar-refractivity contribution in [2.24, 2.45) is 34.5 Å². The molecule has 4 aliphatic carbocycles. The van der Waals surface area contributed by atoms with Gasteiger partial charge in [0.1, 0.15) is 5.78 Å². The van der Waals surface area contributed by atoms with Gasteiger partial charge in [0.2, 0.25) is 0 Å². The Bertz CT molecular complexity index is 627. The summed E-state index contributed by atoms with van der Waals surface area (Å²) in [7, 11) is 0. The number of aliphatic hydroxyl groups is 2. The highest BCUT2D eigenvalue weighted by Gasteiger charge is 2.62. The molecule has 3 unspecified atom stereocenters. The summed E-state index contributed by atoms with van der Waals surface area (Å²) in [6, 6.07) is 0. The van der Waals surface area contributed by atoms with E-state index in [1.165, 1.54) is 5.57 Å². The van der Waals surface area contributed by atoms with Crippen LogP contribution in [0.1, 0.15) is 67.1 Å². The van der Waals surface area contributed by atoms with E-state index in [2.05, 4.69) is 19.9 Å². The number of hydrogen-bond acceptors (Lipinski definition) is 3. The number of rotatable bonds is 1. The minimum absolute atomic E-state index is 0.0123. The van der Waals surface area contributed by atoms with E-state index in [9.17, 15) is 15.0 Å². The lowest BCUT2D eigenvalue weighted by Crippen LogP contribution is -2.56. The summed E-state index contributed by atoms with van der Waals surface area (Å²) < 4.78 is 8.91. The van der Waals surface area contributed by atoms with Gasteiger partial charge in [-0.2, -0.15) is 0 Å². The summed E-state index contributed by atoms with van der Waals surface area (Å²) >= 11 is 0. The predicted octanol–water partition coefficient (Wildman–Crippen LogP) is 3.49. The average molecular weight is 333 g/mol. The van der Waals surface area contributed by atoms with Crippen molar-refractivity contribution >= 4 is 5.78 Å². The fourth-order valence-corrected chi connectivity index (χ4v) is 7.18. The fourth-order valence-electron chi connectivity index (χ4n) is 7.18. The van der Waals surface area contributed by atoms with Gasteiger partial charge in [-0.1, -0.05) is 25.5 Å². The standard InChI is InChI=1S/C21H32O3/c1-12(22)16-6-7-17-15-5-4-13-10-14(23)8-9-20(13,2)19(15)18(24)11-21(16,17)3/h4,14-19,23-24H,5-11H2,1-3H3/t14-,15?,16+,17?,18-,19?,20-,21+/m0/s1/i18D. The minimum atomic E-state index is -1.50. The molecule has 4 rings (SSSR count). The van der Waals surface area contributed by atoms with E-state index in [0.717, 1.165) is 32.1 Å². The average Bonchev–Trinajstić information content (AvgIpc) is 2.83. The lowest BCUT2D eigenvalue weighted by Gasteiger charge is -2.59. The van der Waals surface area contributed by atoms with Gasteiger partial charge in [-0.05, 0) is 80.5 Å². The van der Waals surface area contributed by atoms with Crippen molar-refractivity contribution in [1.82, 2.24) is 0 Å². The van der Waals surface area contributed by atoms with Crippen LogP contribution in [0.4, 0.5) is 0 Å². The molecule has 0 radical (unpaired) electrons. The first kappa shape index (κ1) is 15.6. The van der Waals surface area contributed by atoms with Crippen LogP contribution < -0.4 is 0 Å². The molecule has 3 saturated carbocycles. The van der Waals surface area contributed by atoms with Crippen LogP contribution in [0.25, 0.3) is 0 Å². The molecular weight excluding hydrogens is 300 g/mol. The van der Waals surface area contributed by atoms with Gasteiger partial charge in [0.05, 0.1) is 13.6 Å². The third-order valence-corrected chi connectivity index (χ3v) is 8.28. The van der Waals surface area contributed by atoms with E-state index in [-0.39, 0.29) is 40.5 Å². The van der Waals surface area contributed by atoms with E-state index < -0.39 is 6.08 Å². The third kappa shape index (κ3) is 2.13. The third-order valence-electron chi connectivity index (χ3n) is 8.28. The van der Waals surface area contributed by atoms with E-state index in [0.29, 0.717) is 18.8 Å². The van der Waals surface area contributed by atoms with Crippen LogP contribution in [0.15, 0.2) is 11.6 Å². The second-order valence-corrected chi connectivity index (χ2v) is 9.44. The van der Waals surface area contributed by atoms with Crippen molar-refractivity contribution in [2.75, 3.05) is 0 Å². The van der Waals surface area contributed by atoms with Crippen molar-refractivity contribution in [1.29, 1.82) is 0 Å². The molecule has 8 atom stereocenters. The first-order valence-electron chi connectivity index (χ1n) is 10.2. The highest BCUT2D eigenvalue weighted by atomic mass is 16.3. The first-order valence-corrected chi connectivity index (χ1v) is 9.70. The molecule has 3 fully saturated rings. The number of hydrogen-bond donors (Lipinski definition) is 2. The molecule has 2 N–H and O–H groups in total. The van der Waals surface area contributed by atoms with E-state index in [1.807, 2.05) is 0 Å². The number of allylic oxidation sites excluding steroid dienone is 1. The predicted molar refractivity (Wildman–Crippen MR) is 93.3 cm³/mol. The molecule has 0 amide bonds. The van der Waals surface area contributed by atoms with E-state index >= 15 is 0 Å². The second-order valence-electron chi connectivity index (χ2n) is 9.44. The van der Waals surface area contributed by atoms with Gasteiger partial charge >= 0.3 is 0 Å². The smallest absolute Gasteiger partial charge is 0.133 e. The minimum Gasteiger partial charge on any atom is -0.393 e. The van der Waals surface area contributed by atoms with Gasteiger partial charge in [-0.15, -0.1) is 0 Å². The van der Waals surface area contributed by atoms with Gasteiger partial charge in [0.15, 0.2) is 0 Å². The zero-order chi connectivity index (χ0) is 18.2. The Morgan fingerprint density at radius 3 is 2.75 bits per heavy atom. The molecule has 134 valence electrons. The number of carbonyl (C=O) groups is 1. The number of Topliss-reactive ketones (excluding diaryl/α,β-unsaturated/α-hetero) is 1. The SMILES string of the molecule is [2H][C@]1(O)C[C@@]2(C)C(CC[C@@H]2C(C)=O)C2CC=C3C[C@@H](O)CC[C@]3(C)C21. The molecule has 0 aromatic rings. The highest BCUT2D eigenvalue weighted by Crippen LogP contribution is 2.66. The van der Waals surface area contributed by atoms with Crippen molar-refractivity contribution in [3.8, 4) is 0 Å². The topological polar surface area (TPSA) is 57.5 Å². The maximum atomic E-state index is 12.2. The molecule has 3 nitrogen and oxygen atoms in total. The molecule has 0 heterocycles. The number of aliphatic hydroxyl groups excluding tert-OH is 1. The van der Waals surface area contributed by atoms with E-state index in [1.54, 1.807) is 6.92 Å². The Morgan fingerprint density at radius 1 is 1.29 bits per heavy atom. The van der Waals surface area contributed by atoms with Crippen LogP contribution in [-0.4, -0.2) is 28.2 Å². The molecule has 0 aromatic carbocycles. The second kappa shape index (κ2) is 5.41. The van der Waals surface area contributed by atoms with Gasteiger partial charge in [-0.3, -0.25) is 4.79 Å². The van der Waals surface area contributed by atoms with Crippen molar-refractivity contribution in [3.05, 3.63) is 11.6 Å². The summed E-state index contributed by atoms with van der Waals surface area (Å²) in [5, 5.41) is 21.4. The molecule has 4 aliphatic rings. The molecule has 0 saturated heterocycles. The normalized spacial score (nSPS) is 57.3. The van der Waals surface area contributed by atoms with Crippen LogP contribution in [0, 0.1) is 34.5 Å². The zero-order valence-electron chi connectivity index (χ0n) is 16.2. The molecule has 3 heteroatoms. The first-order chi connectivity index (χ1) is 11.6. The zero-order valence-corrected chi connectivity index (χ0v) is 15.2. The summed E-state index contributed by atoms with van der Waals surface area (Å²) in [6.45, 7) is 6.04. The van der Waals surface area contributed by atoms with Crippen LogP contribution in [0.3, 0.4) is 0 Å². The van der Waals surface area contributed by atoms with Crippen molar-refractivity contribution in [2.45, 2.75) is 77.9 Å². The Morgan fingerprint density at radius 2 is 2.04 bits per heavy atom. The van der Waals surface area contributed by atoms with Crippen LogP contribution >= 0.6 is 0 Å². The van der Waals surface area contributed by atoms with Gasteiger partial charge < -0.3 is 10.2 Å². The molecule has 0 aromatic heterocycles. The molecular formula is C21H32O3. The van der Waals surface area contributed by atoms with Gasteiger partial charge in [-0.25, -0.2) is 0 Å². The molecule has 0 spiro atoms. The maximum absolute atomic E-state index is 12.2. The van der Waals surface area contributed by atoms with Gasteiger partial charge in [0, 0.05) is 5.92 Å². The summed E-state index contributed by atoms with van der Waals surface area (Å²) in [5.74, 6) is 0.810. The van der Waals surface area contributed by atoms with E-state index in [4.69, 9.17) is 1.37 Å². The fraction of sp³-hybridized carbons (Fsp3) is 0.857. The van der Waals surface area contributed by atoms with Gasteiger partial charge in [0.25, 0.3) is 0 Å². The Balaban J connectivity index is 1.77. The summed E-state index contributed by atoms with van der Waals surface area (Å²) in [4.78, 5) is 12.2. The Hall–Kier alpha value is -0.670. The van der Waals surface area contributed by atoms with Crippen LogP contribution in [0.2, 0.25) is 0 Å². The molecule has 24 heavy (non-hydrogen) atoms. The molecule has 0 bridgehead atoms. The lowest BCUT2D eigenvalue weighted by atomic mass is 9.46. The number of carbonyl (C=O) groups excluding carboxylic acids is 1. The highest BCUT2D eigenvalue weighted by molar-refractivity contribution is 5.79. The molecule has 0 aliphatic heterocycles. The summed E-state index contributed by atoms with van der Waals surface area (Å²) in [5.41, 5.74) is 0.816. The lowest BCUT2D eigenvalue weighted by molar-refractivity contribution is -0.140. The number of fused-ring (bicyclic) bond motifs is 5. The van der Waals surface area contributed by atoms with Crippen LogP contribution in [-0.2, 0) is 4.79 Å². The monoisotopic (exact) mass is 333 g/mol. The Kier molecular flexibility index (Phi) is 3.51. The Labute approximate surface area is 146 Å². The van der Waals surface area contributed by atoms with Crippen molar-refractivity contribution < 1.29 is 16.4 Å².